The van der Waals surface area contributed by atoms with Crippen LogP contribution in [0.1, 0.15) is 46.5 Å². The van der Waals surface area contributed by atoms with E-state index in [9.17, 15) is 4.79 Å². The van der Waals surface area contributed by atoms with Crippen molar-refractivity contribution >= 4 is 22.9 Å². The molecular weight excluding hydrogens is 248 g/mol. The molecule has 0 bridgehead atoms. The number of hydrogen-bond donors (Lipinski definition) is 1. The average molecular weight is 272 g/mol. The highest BCUT2D eigenvalue weighted by Gasteiger charge is 2.27. The highest BCUT2D eigenvalue weighted by Crippen LogP contribution is 2.24. The molecule has 1 aliphatic heterocycles. The molecule has 1 unspecified atom stereocenters. The van der Waals surface area contributed by atoms with E-state index >= 15 is 0 Å². The molecule has 0 spiro atoms. The van der Waals surface area contributed by atoms with Gasteiger partial charge in [0.25, 0.3) is 0 Å². The molecule has 0 radical (unpaired) electrons. The molecule has 104 valence electrons. The lowest BCUT2D eigenvalue weighted by molar-refractivity contribution is -0.143. The molecule has 18 heavy (non-hydrogen) atoms. The summed E-state index contributed by atoms with van der Waals surface area (Å²) in [6.07, 6.45) is 3.50. The van der Waals surface area contributed by atoms with Gasteiger partial charge in [0, 0.05) is 24.3 Å². The summed E-state index contributed by atoms with van der Waals surface area (Å²) in [6, 6.07) is 0. The van der Waals surface area contributed by atoms with Gasteiger partial charge in [-0.05, 0) is 33.1 Å². The molecule has 1 rings (SSSR count). The van der Waals surface area contributed by atoms with Crippen LogP contribution in [0.3, 0.4) is 0 Å². The van der Waals surface area contributed by atoms with Gasteiger partial charge in [0.05, 0.1) is 6.61 Å². The third-order valence-corrected chi connectivity index (χ3v) is 4.09. The lowest BCUT2D eigenvalue weighted by atomic mass is 9.96. The van der Waals surface area contributed by atoms with Crippen molar-refractivity contribution in [3.63, 3.8) is 0 Å². The summed E-state index contributed by atoms with van der Waals surface area (Å²) in [5.41, 5.74) is 0.186. The van der Waals surface area contributed by atoms with Gasteiger partial charge in [0.1, 0.15) is 0 Å². The Morgan fingerprint density at radius 1 is 1.56 bits per heavy atom. The van der Waals surface area contributed by atoms with Crippen LogP contribution in [-0.2, 0) is 9.53 Å². The van der Waals surface area contributed by atoms with Gasteiger partial charge in [-0.1, -0.05) is 18.7 Å². The van der Waals surface area contributed by atoms with Crippen molar-refractivity contribution in [2.24, 2.45) is 4.99 Å². The first-order chi connectivity index (χ1) is 8.59. The maximum absolute atomic E-state index is 11.2. The Bertz CT molecular complexity index is 307. The fourth-order valence-corrected chi connectivity index (χ4v) is 2.96. The number of hydrogen-bond acceptors (Lipinski definition) is 4. The summed E-state index contributed by atoms with van der Waals surface area (Å²) in [5, 5.41) is 4.51. The van der Waals surface area contributed by atoms with Gasteiger partial charge in [-0.25, -0.2) is 0 Å². The van der Waals surface area contributed by atoms with E-state index in [2.05, 4.69) is 24.2 Å². The normalized spacial score (nSPS) is 25.8. The highest BCUT2D eigenvalue weighted by molar-refractivity contribution is 8.13. The first-order valence-corrected chi connectivity index (χ1v) is 7.69. The highest BCUT2D eigenvalue weighted by atomic mass is 32.2. The first-order valence-electron chi connectivity index (χ1n) is 6.70. The summed E-state index contributed by atoms with van der Waals surface area (Å²) in [6.45, 7) is 7.40. The molecule has 1 atom stereocenters. The number of thioether (sulfide) groups is 1. The maximum Gasteiger partial charge on any atom is 0.305 e. The standard InChI is InChI=1S/C13H24N2O2S/c1-4-13(3)8-10-18-12(15-13)14-9-6-7-11(16)17-5-2/h4-10H2,1-3H3,(H,14,15). The van der Waals surface area contributed by atoms with E-state index < -0.39 is 0 Å². The zero-order valence-corrected chi connectivity index (χ0v) is 12.4. The van der Waals surface area contributed by atoms with Crippen LogP contribution in [0.4, 0.5) is 0 Å². The second-order valence-electron chi connectivity index (χ2n) is 4.73. The molecule has 1 aliphatic rings. The second kappa shape index (κ2) is 7.67. The average Bonchev–Trinajstić information content (AvgIpc) is 2.35. The number of esters is 1. The van der Waals surface area contributed by atoms with E-state index in [4.69, 9.17) is 4.74 Å². The molecule has 0 saturated carbocycles. The van der Waals surface area contributed by atoms with Crippen LogP contribution in [0.5, 0.6) is 0 Å². The zero-order valence-electron chi connectivity index (χ0n) is 11.6. The van der Waals surface area contributed by atoms with Crippen molar-refractivity contribution in [3.05, 3.63) is 0 Å². The molecule has 0 aromatic carbocycles. The monoisotopic (exact) mass is 272 g/mol. The number of nitrogens with zero attached hydrogens (tertiary/aromatic N) is 1. The summed E-state index contributed by atoms with van der Waals surface area (Å²) in [4.78, 5) is 15.7. The minimum absolute atomic E-state index is 0.125. The number of carbonyl (C=O) groups is 1. The summed E-state index contributed by atoms with van der Waals surface area (Å²) < 4.78 is 4.88. The molecule has 1 N–H and O–H groups in total. The van der Waals surface area contributed by atoms with Crippen LogP contribution in [0.2, 0.25) is 0 Å². The van der Waals surface area contributed by atoms with Crippen LogP contribution in [0.15, 0.2) is 4.99 Å². The van der Waals surface area contributed by atoms with Gasteiger partial charge < -0.3 is 10.1 Å². The topological polar surface area (TPSA) is 50.7 Å². The fourth-order valence-electron chi connectivity index (χ4n) is 1.72. The van der Waals surface area contributed by atoms with Gasteiger partial charge in [-0.2, -0.15) is 0 Å². The fraction of sp³-hybridized carbons (Fsp3) is 0.846. The molecule has 0 amide bonds. The first kappa shape index (κ1) is 15.3. The molecule has 4 nitrogen and oxygen atoms in total. The third-order valence-electron chi connectivity index (χ3n) is 3.18. The molecular formula is C13H24N2O2S. The molecule has 1 fully saturated rings. The predicted molar refractivity (Wildman–Crippen MR) is 77.1 cm³/mol. The molecule has 5 heteroatoms. The van der Waals surface area contributed by atoms with E-state index in [1.807, 2.05) is 6.92 Å². The van der Waals surface area contributed by atoms with Gasteiger partial charge in [0.15, 0.2) is 5.17 Å². The van der Waals surface area contributed by atoms with E-state index in [0.717, 1.165) is 23.8 Å². The number of rotatable bonds is 6. The minimum Gasteiger partial charge on any atom is -0.466 e. The van der Waals surface area contributed by atoms with Crippen LogP contribution in [-0.4, -0.2) is 35.6 Å². The molecule has 1 heterocycles. The predicted octanol–water partition coefficient (Wildman–Crippen LogP) is 2.58. The Labute approximate surface area is 114 Å². The van der Waals surface area contributed by atoms with E-state index in [1.54, 1.807) is 11.8 Å². The summed E-state index contributed by atoms with van der Waals surface area (Å²) in [7, 11) is 0. The Morgan fingerprint density at radius 2 is 2.33 bits per heavy atom. The van der Waals surface area contributed by atoms with Gasteiger partial charge in [-0.3, -0.25) is 9.79 Å². The van der Waals surface area contributed by atoms with Crippen molar-refractivity contribution in [2.75, 3.05) is 18.9 Å². The number of carbonyl (C=O) groups excluding carboxylic acids is 1. The lowest BCUT2D eigenvalue weighted by Gasteiger charge is -2.35. The Kier molecular flexibility index (Phi) is 6.54. The number of nitrogens with one attached hydrogen (secondary N) is 1. The van der Waals surface area contributed by atoms with Crippen molar-refractivity contribution < 1.29 is 9.53 Å². The number of aliphatic imine (C=N–C) groups is 1. The smallest absolute Gasteiger partial charge is 0.305 e. The van der Waals surface area contributed by atoms with Crippen LogP contribution in [0, 0.1) is 0 Å². The van der Waals surface area contributed by atoms with E-state index in [-0.39, 0.29) is 11.5 Å². The van der Waals surface area contributed by atoms with Crippen LogP contribution >= 0.6 is 11.8 Å². The third kappa shape index (κ3) is 5.29. The van der Waals surface area contributed by atoms with Crippen molar-refractivity contribution in [1.82, 2.24) is 5.32 Å². The molecule has 0 aromatic rings. The molecule has 0 aliphatic carbocycles. The van der Waals surface area contributed by atoms with Gasteiger partial charge in [0.2, 0.25) is 0 Å². The Morgan fingerprint density at radius 3 is 3.00 bits per heavy atom. The quantitative estimate of drug-likeness (QED) is 0.596. The molecule has 1 saturated heterocycles. The largest absolute Gasteiger partial charge is 0.466 e. The van der Waals surface area contributed by atoms with Crippen LogP contribution < -0.4 is 5.32 Å². The maximum atomic E-state index is 11.2. The van der Waals surface area contributed by atoms with E-state index in [0.29, 0.717) is 19.6 Å². The lowest BCUT2D eigenvalue weighted by Crippen LogP contribution is -2.48. The van der Waals surface area contributed by atoms with Gasteiger partial charge >= 0.3 is 5.97 Å². The Hall–Kier alpha value is -0.710. The van der Waals surface area contributed by atoms with E-state index in [1.165, 1.54) is 6.42 Å². The SMILES string of the molecule is CCOC(=O)CCCN=C1NC(C)(CC)CCS1. The van der Waals surface area contributed by atoms with Crippen molar-refractivity contribution in [2.45, 2.75) is 52.0 Å². The Balaban J connectivity index is 2.28. The summed E-state index contributed by atoms with van der Waals surface area (Å²) in [5.74, 6) is 0.994. The zero-order chi connectivity index (χ0) is 13.4. The summed E-state index contributed by atoms with van der Waals surface area (Å²) >= 11 is 1.77. The van der Waals surface area contributed by atoms with Crippen molar-refractivity contribution in [3.8, 4) is 0 Å². The minimum atomic E-state index is -0.125. The van der Waals surface area contributed by atoms with Crippen LogP contribution in [0.25, 0.3) is 0 Å². The van der Waals surface area contributed by atoms with Crippen molar-refractivity contribution in [1.29, 1.82) is 0 Å². The molecule has 0 aromatic heterocycles. The number of ether oxygens (including phenoxy) is 1. The van der Waals surface area contributed by atoms with Gasteiger partial charge in [-0.15, -0.1) is 0 Å². The number of amidine groups is 1. The second-order valence-corrected chi connectivity index (χ2v) is 5.82.